The van der Waals surface area contributed by atoms with E-state index in [4.69, 9.17) is 5.73 Å². The second-order valence-electron chi connectivity index (χ2n) is 5.52. The molecule has 2 rings (SSSR count). The van der Waals surface area contributed by atoms with Crippen LogP contribution in [-0.2, 0) is 0 Å². The Bertz CT molecular complexity index is 431. The van der Waals surface area contributed by atoms with Crippen LogP contribution in [0.3, 0.4) is 0 Å². The molecule has 0 aromatic heterocycles. The number of anilines is 1. The maximum atomic E-state index is 12.5. The zero-order chi connectivity index (χ0) is 12.5. The standard InChI is InChI=1S/C15H21NO/c1-11-10-12(6-7-13(11)16)14(17)15(2)8-4-3-5-9-15/h6-7,10H,3-5,8-9,16H2,1-2H3. The molecule has 0 bridgehead atoms. The Morgan fingerprint density at radius 2 is 1.88 bits per heavy atom. The molecular formula is C15H21NO. The van der Waals surface area contributed by atoms with Crippen LogP contribution in [0.15, 0.2) is 18.2 Å². The van der Waals surface area contributed by atoms with E-state index in [2.05, 4.69) is 6.92 Å². The first kappa shape index (κ1) is 12.2. The van der Waals surface area contributed by atoms with Gasteiger partial charge < -0.3 is 5.73 Å². The third-order valence-corrected chi connectivity index (χ3v) is 4.04. The number of nitrogen functional groups attached to an aromatic ring is 1. The van der Waals surface area contributed by atoms with Gasteiger partial charge in [-0.3, -0.25) is 4.79 Å². The van der Waals surface area contributed by atoms with E-state index in [1.165, 1.54) is 19.3 Å². The summed E-state index contributed by atoms with van der Waals surface area (Å²) in [5, 5.41) is 0. The predicted octanol–water partition coefficient (Wildman–Crippen LogP) is 3.73. The molecule has 0 heterocycles. The Morgan fingerprint density at radius 3 is 2.47 bits per heavy atom. The molecule has 0 saturated heterocycles. The van der Waals surface area contributed by atoms with Crippen LogP contribution >= 0.6 is 0 Å². The summed E-state index contributed by atoms with van der Waals surface area (Å²) < 4.78 is 0. The predicted molar refractivity (Wildman–Crippen MR) is 71.1 cm³/mol. The van der Waals surface area contributed by atoms with Gasteiger partial charge in [0.1, 0.15) is 0 Å². The maximum absolute atomic E-state index is 12.5. The highest BCUT2D eigenvalue weighted by Crippen LogP contribution is 2.38. The Balaban J connectivity index is 2.26. The Morgan fingerprint density at radius 1 is 1.24 bits per heavy atom. The van der Waals surface area contributed by atoms with Crippen molar-refractivity contribution in [2.45, 2.75) is 46.0 Å². The van der Waals surface area contributed by atoms with Gasteiger partial charge in [-0.2, -0.15) is 0 Å². The molecular weight excluding hydrogens is 210 g/mol. The smallest absolute Gasteiger partial charge is 0.168 e. The van der Waals surface area contributed by atoms with Crippen LogP contribution in [0.25, 0.3) is 0 Å². The minimum Gasteiger partial charge on any atom is -0.399 e. The fourth-order valence-corrected chi connectivity index (χ4v) is 2.72. The first-order valence-electron chi connectivity index (χ1n) is 6.44. The summed E-state index contributed by atoms with van der Waals surface area (Å²) in [6.07, 6.45) is 5.67. The monoisotopic (exact) mass is 231 g/mol. The van der Waals surface area contributed by atoms with Crippen LogP contribution in [0.1, 0.15) is 54.9 Å². The average Bonchev–Trinajstić information content (AvgIpc) is 2.33. The van der Waals surface area contributed by atoms with Crippen LogP contribution in [-0.4, -0.2) is 5.78 Å². The molecule has 92 valence electrons. The number of ketones is 1. The molecule has 2 N–H and O–H groups in total. The van der Waals surface area contributed by atoms with E-state index < -0.39 is 0 Å². The molecule has 0 radical (unpaired) electrons. The molecule has 1 aliphatic carbocycles. The summed E-state index contributed by atoms with van der Waals surface area (Å²) in [5.41, 5.74) is 8.21. The Labute approximate surface area is 103 Å². The van der Waals surface area contributed by atoms with Crippen molar-refractivity contribution >= 4 is 11.5 Å². The van der Waals surface area contributed by atoms with Gasteiger partial charge in [0.25, 0.3) is 0 Å². The first-order valence-corrected chi connectivity index (χ1v) is 6.44. The van der Waals surface area contributed by atoms with Crippen LogP contribution in [0, 0.1) is 12.3 Å². The molecule has 0 atom stereocenters. The van der Waals surface area contributed by atoms with E-state index in [1.54, 1.807) is 0 Å². The van der Waals surface area contributed by atoms with E-state index >= 15 is 0 Å². The van der Waals surface area contributed by atoms with Crippen LogP contribution in [0.2, 0.25) is 0 Å². The lowest BCUT2D eigenvalue weighted by Crippen LogP contribution is -2.30. The third kappa shape index (κ3) is 2.36. The molecule has 1 saturated carbocycles. The van der Waals surface area contributed by atoms with Gasteiger partial charge in [-0.15, -0.1) is 0 Å². The lowest BCUT2D eigenvalue weighted by molar-refractivity contribution is 0.0749. The molecule has 2 nitrogen and oxygen atoms in total. The van der Waals surface area contributed by atoms with E-state index in [0.717, 1.165) is 29.7 Å². The van der Waals surface area contributed by atoms with Crippen molar-refractivity contribution in [3.8, 4) is 0 Å². The molecule has 17 heavy (non-hydrogen) atoms. The second kappa shape index (κ2) is 4.52. The molecule has 1 aliphatic rings. The Hall–Kier alpha value is -1.31. The van der Waals surface area contributed by atoms with Crippen LogP contribution < -0.4 is 5.73 Å². The van der Waals surface area contributed by atoms with Crippen molar-refractivity contribution in [2.75, 3.05) is 5.73 Å². The van der Waals surface area contributed by atoms with Crippen molar-refractivity contribution < 1.29 is 4.79 Å². The van der Waals surface area contributed by atoms with Gasteiger partial charge >= 0.3 is 0 Å². The summed E-state index contributed by atoms with van der Waals surface area (Å²) in [6, 6.07) is 5.64. The fourth-order valence-electron chi connectivity index (χ4n) is 2.72. The van der Waals surface area contributed by atoms with Gasteiger partial charge in [0.15, 0.2) is 5.78 Å². The number of carbonyl (C=O) groups is 1. The van der Waals surface area contributed by atoms with Gasteiger partial charge in [0.05, 0.1) is 0 Å². The minimum absolute atomic E-state index is 0.152. The highest BCUT2D eigenvalue weighted by molar-refractivity contribution is 6.00. The van der Waals surface area contributed by atoms with Crippen LogP contribution in [0.4, 0.5) is 5.69 Å². The van der Waals surface area contributed by atoms with Crippen molar-refractivity contribution in [2.24, 2.45) is 5.41 Å². The van der Waals surface area contributed by atoms with E-state index in [-0.39, 0.29) is 5.41 Å². The van der Waals surface area contributed by atoms with Crippen molar-refractivity contribution in [3.05, 3.63) is 29.3 Å². The molecule has 1 aromatic rings. The number of nitrogens with two attached hydrogens (primary N) is 1. The summed E-state index contributed by atoms with van der Waals surface area (Å²) in [4.78, 5) is 12.5. The van der Waals surface area contributed by atoms with Gasteiger partial charge in [0, 0.05) is 16.7 Å². The van der Waals surface area contributed by atoms with Gasteiger partial charge in [-0.05, 0) is 43.5 Å². The highest BCUT2D eigenvalue weighted by atomic mass is 16.1. The number of hydrogen-bond donors (Lipinski definition) is 1. The molecule has 1 aromatic carbocycles. The van der Waals surface area contributed by atoms with Gasteiger partial charge in [0.2, 0.25) is 0 Å². The van der Waals surface area contributed by atoms with Gasteiger partial charge in [-0.25, -0.2) is 0 Å². The summed E-state index contributed by atoms with van der Waals surface area (Å²) >= 11 is 0. The highest BCUT2D eigenvalue weighted by Gasteiger charge is 2.34. The summed E-state index contributed by atoms with van der Waals surface area (Å²) in [6.45, 7) is 4.06. The Kier molecular flexibility index (Phi) is 3.23. The van der Waals surface area contributed by atoms with E-state index in [0.29, 0.717) is 5.78 Å². The first-order chi connectivity index (χ1) is 8.03. The average molecular weight is 231 g/mol. The summed E-state index contributed by atoms with van der Waals surface area (Å²) in [5.74, 6) is 0.292. The molecule has 0 spiro atoms. The van der Waals surface area contributed by atoms with Crippen LogP contribution in [0.5, 0.6) is 0 Å². The number of Topliss-reactive ketones (excluding diaryl/α,β-unsaturated/α-hetero) is 1. The zero-order valence-electron chi connectivity index (χ0n) is 10.8. The van der Waals surface area contributed by atoms with E-state index in [1.807, 2.05) is 25.1 Å². The van der Waals surface area contributed by atoms with Gasteiger partial charge in [-0.1, -0.05) is 26.2 Å². The maximum Gasteiger partial charge on any atom is 0.168 e. The third-order valence-electron chi connectivity index (χ3n) is 4.04. The normalized spacial score (nSPS) is 18.9. The molecule has 0 amide bonds. The minimum atomic E-state index is -0.152. The number of aryl methyl sites for hydroxylation is 1. The number of hydrogen-bond acceptors (Lipinski definition) is 2. The zero-order valence-corrected chi connectivity index (χ0v) is 10.8. The quantitative estimate of drug-likeness (QED) is 0.622. The lowest BCUT2D eigenvalue weighted by atomic mass is 9.71. The topological polar surface area (TPSA) is 43.1 Å². The van der Waals surface area contributed by atoms with Crippen molar-refractivity contribution in [1.29, 1.82) is 0 Å². The SMILES string of the molecule is Cc1cc(C(=O)C2(C)CCCCC2)ccc1N. The van der Waals surface area contributed by atoms with Crippen molar-refractivity contribution in [3.63, 3.8) is 0 Å². The molecule has 0 aliphatic heterocycles. The summed E-state index contributed by atoms with van der Waals surface area (Å²) in [7, 11) is 0. The molecule has 1 fully saturated rings. The van der Waals surface area contributed by atoms with Crippen molar-refractivity contribution in [1.82, 2.24) is 0 Å². The fraction of sp³-hybridized carbons (Fsp3) is 0.533. The molecule has 0 unspecified atom stereocenters. The number of benzene rings is 1. The van der Waals surface area contributed by atoms with E-state index in [9.17, 15) is 4.79 Å². The lowest BCUT2D eigenvalue weighted by Gasteiger charge is -2.32. The second-order valence-corrected chi connectivity index (χ2v) is 5.52. The molecule has 2 heteroatoms. The number of rotatable bonds is 2. The largest absolute Gasteiger partial charge is 0.399 e. The number of carbonyl (C=O) groups excluding carboxylic acids is 1.